The molecule has 1 fully saturated rings. The van der Waals surface area contributed by atoms with E-state index >= 15 is 0 Å². The molecule has 0 saturated carbocycles. The van der Waals surface area contributed by atoms with Crippen molar-refractivity contribution in [3.63, 3.8) is 0 Å². The minimum atomic E-state index is 0.233. The smallest absolute Gasteiger partial charge is 0.0971 e. The minimum Gasteiger partial charge on any atom is -0.377 e. The van der Waals surface area contributed by atoms with E-state index in [1.54, 1.807) is 14.2 Å². The largest absolute Gasteiger partial charge is 0.377 e. The lowest BCUT2D eigenvalue weighted by Gasteiger charge is -2.23. The molecule has 0 bridgehead atoms. The van der Waals surface area contributed by atoms with E-state index in [-0.39, 0.29) is 12.2 Å². The Morgan fingerprint density at radius 2 is 1.82 bits per heavy atom. The molecular formula is C13H28N2O2. The summed E-state index contributed by atoms with van der Waals surface area (Å²) >= 11 is 0. The summed E-state index contributed by atoms with van der Waals surface area (Å²) in [7, 11) is 3.55. The van der Waals surface area contributed by atoms with Crippen molar-refractivity contribution in [1.29, 1.82) is 0 Å². The first-order valence-electron chi connectivity index (χ1n) is 6.73. The van der Waals surface area contributed by atoms with Crippen molar-refractivity contribution in [2.45, 2.75) is 44.9 Å². The van der Waals surface area contributed by atoms with Gasteiger partial charge in [0.25, 0.3) is 0 Å². The number of rotatable bonds is 8. The predicted octanol–water partition coefficient (Wildman–Crippen LogP) is 1.11. The van der Waals surface area contributed by atoms with E-state index in [0.717, 1.165) is 26.2 Å². The van der Waals surface area contributed by atoms with Gasteiger partial charge in [-0.1, -0.05) is 6.92 Å². The summed E-state index contributed by atoms with van der Waals surface area (Å²) in [5.74, 6) is 0. The fourth-order valence-electron chi connectivity index (χ4n) is 2.47. The lowest BCUT2D eigenvalue weighted by Crippen LogP contribution is -2.32. The number of hydrogen-bond acceptors (Lipinski definition) is 4. The summed E-state index contributed by atoms with van der Waals surface area (Å²) in [6.45, 7) is 8.63. The number of nitrogens with one attached hydrogen (secondary N) is 1. The molecule has 1 rings (SSSR count). The molecule has 1 aliphatic heterocycles. The van der Waals surface area contributed by atoms with E-state index in [0.29, 0.717) is 6.04 Å². The summed E-state index contributed by atoms with van der Waals surface area (Å²) in [6, 6.07) is 0.617. The molecule has 0 spiro atoms. The average molecular weight is 244 g/mol. The number of ether oxygens (including phenoxy) is 2. The molecule has 4 nitrogen and oxygen atoms in total. The van der Waals surface area contributed by atoms with Crippen LogP contribution in [0.5, 0.6) is 0 Å². The molecule has 4 heteroatoms. The van der Waals surface area contributed by atoms with E-state index in [2.05, 4.69) is 24.1 Å². The summed E-state index contributed by atoms with van der Waals surface area (Å²) < 4.78 is 10.9. The molecule has 17 heavy (non-hydrogen) atoms. The Labute approximate surface area is 106 Å². The monoisotopic (exact) mass is 244 g/mol. The highest BCUT2D eigenvalue weighted by Gasteiger charge is 2.34. The van der Waals surface area contributed by atoms with E-state index in [1.165, 1.54) is 12.8 Å². The van der Waals surface area contributed by atoms with Crippen molar-refractivity contribution in [1.82, 2.24) is 10.2 Å². The van der Waals surface area contributed by atoms with E-state index in [9.17, 15) is 0 Å². The van der Waals surface area contributed by atoms with Crippen LogP contribution in [-0.4, -0.2) is 63.5 Å². The Hall–Kier alpha value is -0.160. The van der Waals surface area contributed by atoms with E-state index in [4.69, 9.17) is 9.47 Å². The van der Waals surface area contributed by atoms with Gasteiger partial charge in [0.05, 0.1) is 12.2 Å². The van der Waals surface area contributed by atoms with Gasteiger partial charge in [0.15, 0.2) is 0 Å². The van der Waals surface area contributed by atoms with Crippen LogP contribution >= 0.6 is 0 Å². The first-order valence-corrected chi connectivity index (χ1v) is 6.73. The van der Waals surface area contributed by atoms with Crippen LogP contribution in [0.1, 0.15) is 26.7 Å². The first-order chi connectivity index (χ1) is 8.22. The van der Waals surface area contributed by atoms with Gasteiger partial charge < -0.3 is 14.8 Å². The summed E-state index contributed by atoms with van der Waals surface area (Å²) in [5, 5.41) is 3.37. The molecule has 102 valence electrons. The van der Waals surface area contributed by atoms with Crippen molar-refractivity contribution in [2.75, 3.05) is 40.4 Å². The number of nitrogens with zero attached hydrogens (tertiary/aromatic N) is 1. The summed E-state index contributed by atoms with van der Waals surface area (Å²) in [6.07, 6.45) is 2.94. The fraction of sp³-hybridized carbons (Fsp3) is 1.00. The van der Waals surface area contributed by atoms with Crippen molar-refractivity contribution in [3.05, 3.63) is 0 Å². The van der Waals surface area contributed by atoms with Gasteiger partial charge in [-0.25, -0.2) is 0 Å². The topological polar surface area (TPSA) is 33.7 Å². The highest BCUT2D eigenvalue weighted by Crippen LogP contribution is 2.19. The number of methoxy groups -OCH3 is 2. The zero-order chi connectivity index (χ0) is 12.7. The van der Waals surface area contributed by atoms with Gasteiger partial charge in [0.2, 0.25) is 0 Å². The lowest BCUT2D eigenvalue weighted by molar-refractivity contribution is -0.00461. The molecule has 1 aliphatic rings. The second-order valence-corrected chi connectivity index (χ2v) is 4.85. The molecule has 0 aromatic heterocycles. The molecule has 0 radical (unpaired) electrons. The highest BCUT2D eigenvalue weighted by molar-refractivity contribution is 4.88. The van der Waals surface area contributed by atoms with Crippen LogP contribution in [0.3, 0.4) is 0 Å². The van der Waals surface area contributed by atoms with Crippen molar-refractivity contribution >= 4 is 0 Å². The van der Waals surface area contributed by atoms with Crippen molar-refractivity contribution in [2.24, 2.45) is 0 Å². The van der Waals surface area contributed by atoms with Gasteiger partial charge in [0.1, 0.15) is 0 Å². The average Bonchev–Trinajstić information content (AvgIpc) is 2.77. The van der Waals surface area contributed by atoms with Crippen LogP contribution in [0.25, 0.3) is 0 Å². The Morgan fingerprint density at radius 1 is 1.24 bits per heavy atom. The third-order valence-corrected chi connectivity index (χ3v) is 3.70. The molecule has 0 aliphatic carbocycles. The van der Waals surface area contributed by atoms with Crippen LogP contribution in [-0.2, 0) is 9.47 Å². The van der Waals surface area contributed by atoms with Crippen LogP contribution in [0, 0.1) is 0 Å². The third-order valence-electron chi connectivity index (χ3n) is 3.70. The molecule has 0 amide bonds. The standard InChI is InChI=1S/C13H28N2O2/c1-5-14-8-6-7-11(2)15-9-12(16-3)13(10-15)17-4/h11-14H,5-10H2,1-4H3. The quantitative estimate of drug-likeness (QED) is 0.649. The van der Waals surface area contributed by atoms with E-state index in [1.807, 2.05) is 0 Å². The molecule has 3 atom stereocenters. The number of hydrogen-bond donors (Lipinski definition) is 1. The SMILES string of the molecule is CCNCCCC(C)N1CC(OC)C(OC)C1. The molecule has 0 aromatic rings. The Morgan fingerprint density at radius 3 is 2.29 bits per heavy atom. The van der Waals surface area contributed by atoms with Gasteiger partial charge in [0, 0.05) is 33.4 Å². The van der Waals surface area contributed by atoms with Crippen LogP contribution in [0.15, 0.2) is 0 Å². The molecule has 1 saturated heterocycles. The van der Waals surface area contributed by atoms with Crippen LogP contribution < -0.4 is 5.32 Å². The zero-order valence-corrected chi connectivity index (χ0v) is 11.7. The maximum Gasteiger partial charge on any atom is 0.0971 e. The molecule has 1 N–H and O–H groups in total. The van der Waals surface area contributed by atoms with Gasteiger partial charge >= 0.3 is 0 Å². The third kappa shape index (κ3) is 4.54. The highest BCUT2D eigenvalue weighted by atomic mass is 16.5. The summed E-state index contributed by atoms with van der Waals surface area (Å²) in [4.78, 5) is 2.48. The van der Waals surface area contributed by atoms with Crippen molar-refractivity contribution in [3.8, 4) is 0 Å². The Kier molecular flexibility index (Phi) is 7.04. The Balaban J connectivity index is 2.26. The van der Waals surface area contributed by atoms with Crippen molar-refractivity contribution < 1.29 is 9.47 Å². The predicted molar refractivity (Wildman–Crippen MR) is 70.4 cm³/mol. The van der Waals surface area contributed by atoms with E-state index < -0.39 is 0 Å². The Bertz CT molecular complexity index is 190. The van der Waals surface area contributed by atoms with Gasteiger partial charge in [-0.3, -0.25) is 4.90 Å². The van der Waals surface area contributed by atoms with Gasteiger partial charge in [-0.2, -0.15) is 0 Å². The fourth-order valence-corrected chi connectivity index (χ4v) is 2.47. The molecular weight excluding hydrogens is 216 g/mol. The number of likely N-dealkylation sites (tertiary alicyclic amines) is 1. The van der Waals surface area contributed by atoms with Crippen LogP contribution in [0.2, 0.25) is 0 Å². The second-order valence-electron chi connectivity index (χ2n) is 4.85. The van der Waals surface area contributed by atoms with Gasteiger partial charge in [-0.15, -0.1) is 0 Å². The molecule has 0 aromatic carbocycles. The maximum absolute atomic E-state index is 5.46. The minimum absolute atomic E-state index is 0.233. The molecule has 1 heterocycles. The normalized spacial score (nSPS) is 27.5. The second kappa shape index (κ2) is 8.03. The van der Waals surface area contributed by atoms with Crippen LogP contribution in [0.4, 0.5) is 0 Å². The maximum atomic E-state index is 5.46. The van der Waals surface area contributed by atoms with Gasteiger partial charge in [-0.05, 0) is 32.9 Å². The first kappa shape index (κ1) is 14.9. The summed E-state index contributed by atoms with van der Waals surface area (Å²) in [5.41, 5.74) is 0. The lowest BCUT2D eigenvalue weighted by atomic mass is 10.1. The molecule has 3 unspecified atom stereocenters. The zero-order valence-electron chi connectivity index (χ0n) is 11.7.